The molecule has 3 rings (SSSR count). The Balaban J connectivity index is 1.94. The Bertz CT molecular complexity index is 932. The van der Waals surface area contributed by atoms with E-state index in [1.54, 1.807) is 18.2 Å². The summed E-state index contributed by atoms with van der Waals surface area (Å²) in [5, 5.41) is 8.45. The number of rotatable bonds is 4. The van der Waals surface area contributed by atoms with E-state index in [9.17, 15) is 13.2 Å². The van der Waals surface area contributed by atoms with Crippen molar-refractivity contribution >= 4 is 21.7 Å². The van der Waals surface area contributed by atoms with Gasteiger partial charge in [0.15, 0.2) is 6.61 Å². The van der Waals surface area contributed by atoms with Crippen molar-refractivity contribution in [3.63, 3.8) is 0 Å². The molecule has 0 aromatic heterocycles. The average molecular weight is 342 g/mol. The zero-order valence-corrected chi connectivity index (χ0v) is 13.5. The number of ether oxygens (including phenoxy) is 1. The van der Waals surface area contributed by atoms with Crippen molar-refractivity contribution in [2.24, 2.45) is 0 Å². The molecule has 1 aliphatic heterocycles. The van der Waals surface area contributed by atoms with Crippen molar-refractivity contribution in [3.05, 3.63) is 59.7 Å². The lowest BCUT2D eigenvalue weighted by Gasteiger charge is -2.19. The summed E-state index contributed by atoms with van der Waals surface area (Å²) in [6.07, 6.45) is 0.652. The smallest absolute Gasteiger partial charge is 0.339 e. The topological polar surface area (TPSA) is 87.5 Å². The maximum absolute atomic E-state index is 12.9. The highest BCUT2D eigenvalue weighted by molar-refractivity contribution is 7.92. The Hall–Kier alpha value is -2.85. The van der Waals surface area contributed by atoms with Crippen molar-refractivity contribution in [2.75, 3.05) is 17.5 Å². The SMILES string of the molecule is N#CCOC(=O)c1cccc(S(=O)(=O)N2CCc3ccccc32)c1. The first kappa shape index (κ1) is 16.0. The third-order valence-electron chi connectivity index (χ3n) is 3.77. The van der Waals surface area contributed by atoms with Gasteiger partial charge in [-0.2, -0.15) is 5.26 Å². The van der Waals surface area contributed by atoms with Crippen LogP contribution in [-0.4, -0.2) is 27.5 Å². The number of hydrogen-bond acceptors (Lipinski definition) is 5. The number of carbonyl (C=O) groups excluding carboxylic acids is 1. The van der Waals surface area contributed by atoms with Crippen LogP contribution in [0.4, 0.5) is 5.69 Å². The van der Waals surface area contributed by atoms with Gasteiger partial charge in [0.05, 0.1) is 16.1 Å². The molecule has 0 bridgehead atoms. The maximum atomic E-state index is 12.9. The second-order valence-electron chi connectivity index (χ2n) is 5.22. The summed E-state index contributed by atoms with van der Waals surface area (Å²) in [5.74, 6) is -0.726. The molecule has 0 aliphatic carbocycles. The normalized spacial score (nSPS) is 13.2. The third kappa shape index (κ3) is 2.84. The Labute approximate surface area is 139 Å². The van der Waals surface area contributed by atoms with Crippen LogP contribution in [0.2, 0.25) is 0 Å². The molecule has 24 heavy (non-hydrogen) atoms. The van der Waals surface area contributed by atoms with Gasteiger partial charge < -0.3 is 4.74 Å². The molecule has 0 unspecified atom stereocenters. The Morgan fingerprint density at radius 2 is 2.00 bits per heavy atom. The fourth-order valence-electron chi connectivity index (χ4n) is 2.65. The Morgan fingerprint density at radius 3 is 2.79 bits per heavy atom. The number of carbonyl (C=O) groups is 1. The first-order valence-corrected chi connectivity index (χ1v) is 8.73. The monoisotopic (exact) mass is 342 g/mol. The van der Waals surface area contributed by atoms with Crippen LogP contribution in [0.1, 0.15) is 15.9 Å². The van der Waals surface area contributed by atoms with Gasteiger partial charge in [-0.15, -0.1) is 0 Å². The fourth-order valence-corrected chi connectivity index (χ4v) is 4.20. The minimum Gasteiger partial charge on any atom is -0.447 e. The molecule has 6 nitrogen and oxygen atoms in total. The predicted octanol–water partition coefficient (Wildman–Crippen LogP) is 2.12. The third-order valence-corrected chi connectivity index (χ3v) is 5.58. The van der Waals surface area contributed by atoms with Crippen LogP contribution in [-0.2, 0) is 21.2 Å². The molecule has 1 aliphatic rings. The molecule has 7 heteroatoms. The quantitative estimate of drug-likeness (QED) is 0.794. The molecule has 122 valence electrons. The maximum Gasteiger partial charge on any atom is 0.339 e. The molecule has 0 N–H and O–H groups in total. The molecular formula is C17H14N2O4S. The number of para-hydroxylation sites is 1. The molecular weight excluding hydrogens is 328 g/mol. The van der Waals surface area contributed by atoms with Crippen molar-refractivity contribution in [1.82, 2.24) is 0 Å². The highest BCUT2D eigenvalue weighted by Gasteiger charge is 2.30. The summed E-state index contributed by atoms with van der Waals surface area (Å²) < 4.78 is 31.9. The van der Waals surface area contributed by atoms with E-state index in [0.29, 0.717) is 18.7 Å². The predicted molar refractivity (Wildman–Crippen MR) is 87.0 cm³/mol. The summed E-state index contributed by atoms with van der Waals surface area (Å²) in [4.78, 5) is 11.8. The Kier molecular flexibility index (Phi) is 4.23. The van der Waals surface area contributed by atoms with E-state index in [1.807, 2.05) is 12.1 Å². The van der Waals surface area contributed by atoms with E-state index in [1.165, 1.54) is 28.6 Å². The van der Waals surface area contributed by atoms with Gasteiger partial charge in [-0.25, -0.2) is 13.2 Å². The standard InChI is InChI=1S/C17H14N2O4S/c18-9-11-23-17(20)14-5-3-6-15(12-14)24(21,22)19-10-8-13-4-1-2-7-16(13)19/h1-7,12H,8,10-11H2. The van der Waals surface area contributed by atoms with Gasteiger partial charge >= 0.3 is 5.97 Å². The lowest BCUT2D eigenvalue weighted by atomic mass is 10.2. The van der Waals surface area contributed by atoms with Crippen LogP contribution in [0.25, 0.3) is 0 Å². The van der Waals surface area contributed by atoms with Gasteiger partial charge in [0.25, 0.3) is 10.0 Å². The number of fused-ring (bicyclic) bond motifs is 1. The second kappa shape index (κ2) is 6.34. The fraction of sp³-hybridized carbons (Fsp3) is 0.176. The van der Waals surface area contributed by atoms with Crippen LogP contribution in [0, 0.1) is 11.3 Å². The molecule has 0 fully saturated rings. The highest BCUT2D eigenvalue weighted by atomic mass is 32.2. The number of esters is 1. The Morgan fingerprint density at radius 1 is 1.21 bits per heavy atom. The molecule has 0 amide bonds. The van der Waals surface area contributed by atoms with Crippen LogP contribution < -0.4 is 4.31 Å². The summed E-state index contributed by atoms with van der Waals surface area (Å²) in [5.41, 5.74) is 1.74. The van der Waals surface area contributed by atoms with E-state index >= 15 is 0 Å². The molecule has 2 aromatic rings. The summed E-state index contributed by atoms with van der Waals surface area (Å²) >= 11 is 0. The number of nitrogens with zero attached hydrogens (tertiary/aromatic N) is 2. The lowest BCUT2D eigenvalue weighted by Crippen LogP contribution is -2.29. The molecule has 0 spiro atoms. The van der Waals surface area contributed by atoms with Crippen molar-refractivity contribution < 1.29 is 17.9 Å². The lowest BCUT2D eigenvalue weighted by molar-refractivity contribution is 0.0554. The van der Waals surface area contributed by atoms with Gasteiger partial charge in [0.2, 0.25) is 0 Å². The zero-order chi connectivity index (χ0) is 17.2. The van der Waals surface area contributed by atoms with Crippen LogP contribution >= 0.6 is 0 Å². The zero-order valence-electron chi connectivity index (χ0n) is 12.7. The first-order chi connectivity index (χ1) is 11.5. The van der Waals surface area contributed by atoms with Crippen molar-refractivity contribution in [3.8, 4) is 6.07 Å². The average Bonchev–Trinajstić information content (AvgIpc) is 3.04. The van der Waals surface area contributed by atoms with Gasteiger partial charge in [-0.3, -0.25) is 4.31 Å². The number of hydrogen-bond donors (Lipinski definition) is 0. The minimum absolute atomic E-state index is 0.0191. The second-order valence-corrected chi connectivity index (χ2v) is 7.08. The number of anilines is 1. The molecule has 1 heterocycles. The van der Waals surface area contributed by atoms with Crippen LogP contribution in [0.3, 0.4) is 0 Å². The van der Waals surface area contributed by atoms with E-state index < -0.39 is 16.0 Å². The van der Waals surface area contributed by atoms with Gasteiger partial charge in [-0.1, -0.05) is 24.3 Å². The van der Waals surface area contributed by atoms with Crippen LogP contribution in [0.5, 0.6) is 0 Å². The summed E-state index contributed by atoms with van der Waals surface area (Å²) in [6.45, 7) is -0.0138. The number of nitriles is 1. The molecule has 0 saturated carbocycles. The van der Waals surface area contributed by atoms with Gasteiger partial charge in [0, 0.05) is 6.54 Å². The summed E-state index contributed by atoms with van der Waals surface area (Å²) in [6, 6.07) is 14.7. The minimum atomic E-state index is -3.77. The van der Waals surface area contributed by atoms with Crippen LogP contribution in [0.15, 0.2) is 53.4 Å². The van der Waals surface area contributed by atoms with Gasteiger partial charge in [0.1, 0.15) is 6.07 Å². The van der Waals surface area contributed by atoms with E-state index in [-0.39, 0.29) is 17.1 Å². The number of sulfonamides is 1. The van der Waals surface area contributed by atoms with E-state index in [4.69, 9.17) is 10.00 Å². The first-order valence-electron chi connectivity index (χ1n) is 7.29. The molecule has 2 aromatic carbocycles. The largest absolute Gasteiger partial charge is 0.447 e. The molecule has 0 atom stereocenters. The van der Waals surface area contributed by atoms with Crippen molar-refractivity contribution in [2.45, 2.75) is 11.3 Å². The number of benzene rings is 2. The van der Waals surface area contributed by atoms with E-state index in [2.05, 4.69) is 0 Å². The molecule has 0 radical (unpaired) electrons. The van der Waals surface area contributed by atoms with Crippen molar-refractivity contribution in [1.29, 1.82) is 5.26 Å². The van der Waals surface area contributed by atoms with Gasteiger partial charge in [-0.05, 0) is 36.2 Å². The summed E-state index contributed by atoms with van der Waals surface area (Å²) in [7, 11) is -3.77. The highest BCUT2D eigenvalue weighted by Crippen LogP contribution is 2.32. The molecule has 0 saturated heterocycles. The van der Waals surface area contributed by atoms with E-state index in [0.717, 1.165) is 5.56 Å².